The number of hydrogen-bond donors (Lipinski definition) is 1. The van der Waals surface area contributed by atoms with Gasteiger partial charge in [0.05, 0.1) is 4.90 Å². The van der Waals surface area contributed by atoms with E-state index in [-0.39, 0.29) is 16.9 Å². The summed E-state index contributed by atoms with van der Waals surface area (Å²) in [5, 5.41) is 8.02. The second-order valence-electron chi connectivity index (χ2n) is 7.79. The van der Waals surface area contributed by atoms with Crippen molar-refractivity contribution in [2.45, 2.75) is 44.4 Å². The highest BCUT2D eigenvalue weighted by Gasteiger charge is 2.18. The van der Waals surface area contributed by atoms with Crippen molar-refractivity contribution < 1.29 is 12.8 Å². The third-order valence-electron chi connectivity index (χ3n) is 4.43. The first-order valence-corrected chi connectivity index (χ1v) is 10.6. The van der Waals surface area contributed by atoms with Crippen LogP contribution in [0.25, 0.3) is 11.5 Å². The highest BCUT2D eigenvalue weighted by Crippen LogP contribution is 2.23. The zero-order valence-electron chi connectivity index (χ0n) is 16.6. The van der Waals surface area contributed by atoms with Gasteiger partial charge in [-0.3, -0.25) is 0 Å². The van der Waals surface area contributed by atoms with Crippen molar-refractivity contribution in [2.24, 2.45) is 0 Å². The lowest BCUT2D eigenvalue weighted by molar-refractivity contribution is 0.502. The van der Waals surface area contributed by atoms with E-state index in [0.29, 0.717) is 18.2 Å². The standard InChI is InChI=1S/C21H25N3O3S/c1-15-5-7-16(8-6-15)20-24-23-19(27-20)13-14-22-28(25,26)18-11-9-17(10-12-18)21(2,3)4/h5-12,22H,13-14H2,1-4H3. The summed E-state index contributed by atoms with van der Waals surface area (Å²) in [5.41, 5.74) is 3.04. The SMILES string of the molecule is Cc1ccc(-c2nnc(CCNS(=O)(=O)c3ccc(C(C)(C)C)cc3)o2)cc1. The summed E-state index contributed by atoms with van der Waals surface area (Å²) in [6.07, 6.45) is 0.318. The molecule has 0 saturated heterocycles. The van der Waals surface area contributed by atoms with Gasteiger partial charge in [0.15, 0.2) is 0 Å². The van der Waals surface area contributed by atoms with Crippen molar-refractivity contribution in [3.8, 4) is 11.5 Å². The highest BCUT2D eigenvalue weighted by molar-refractivity contribution is 7.89. The summed E-state index contributed by atoms with van der Waals surface area (Å²) in [6, 6.07) is 14.7. The number of rotatable bonds is 6. The van der Waals surface area contributed by atoms with E-state index < -0.39 is 10.0 Å². The molecular formula is C21H25N3O3S. The number of hydrogen-bond acceptors (Lipinski definition) is 5. The van der Waals surface area contributed by atoms with Crippen LogP contribution in [0.5, 0.6) is 0 Å². The van der Waals surface area contributed by atoms with Crippen LogP contribution in [-0.4, -0.2) is 25.2 Å². The van der Waals surface area contributed by atoms with Gasteiger partial charge in [0.2, 0.25) is 21.8 Å². The molecule has 28 heavy (non-hydrogen) atoms. The average Bonchev–Trinajstić information content (AvgIpc) is 3.10. The van der Waals surface area contributed by atoms with Crippen LogP contribution >= 0.6 is 0 Å². The Bertz CT molecular complexity index is 1030. The van der Waals surface area contributed by atoms with Gasteiger partial charge in [-0.2, -0.15) is 0 Å². The van der Waals surface area contributed by atoms with Crippen LogP contribution in [0.15, 0.2) is 57.8 Å². The highest BCUT2D eigenvalue weighted by atomic mass is 32.2. The van der Waals surface area contributed by atoms with Gasteiger partial charge in [0.25, 0.3) is 0 Å². The predicted octanol–water partition coefficient (Wildman–Crippen LogP) is 3.86. The zero-order chi connectivity index (χ0) is 20.4. The van der Waals surface area contributed by atoms with E-state index in [2.05, 4.69) is 35.7 Å². The third-order valence-corrected chi connectivity index (χ3v) is 5.90. The van der Waals surface area contributed by atoms with Crippen LogP contribution in [0.2, 0.25) is 0 Å². The Hall–Kier alpha value is -2.51. The Labute approximate surface area is 166 Å². The molecule has 2 aromatic carbocycles. The maximum Gasteiger partial charge on any atom is 0.247 e. The van der Waals surface area contributed by atoms with Crippen molar-refractivity contribution >= 4 is 10.0 Å². The average molecular weight is 400 g/mol. The quantitative estimate of drug-likeness (QED) is 0.680. The number of aromatic nitrogens is 2. The molecular weight excluding hydrogens is 374 g/mol. The molecule has 0 fully saturated rings. The lowest BCUT2D eigenvalue weighted by Crippen LogP contribution is -2.26. The minimum Gasteiger partial charge on any atom is -0.421 e. The van der Waals surface area contributed by atoms with Gasteiger partial charge in [-0.05, 0) is 42.2 Å². The Balaban J connectivity index is 1.60. The number of sulfonamides is 1. The largest absolute Gasteiger partial charge is 0.421 e. The van der Waals surface area contributed by atoms with Gasteiger partial charge < -0.3 is 4.42 Å². The van der Waals surface area contributed by atoms with Gasteiger partial charge in [0.1, 0.15) is 0 Å². The fourth-order valence-electron chi connectivity index (χ4n) is 2.68. The molecule has 1 aromatic heterocycles. The molecule has 0 atom stereocenters. The minimum atomic E-state index is -3.58. The van der Waals surface area contributed by atoms with Crippen LogP contribution in [0.4, 0.5) is 0 Å². The van der Waals surface area contributed by atoms with Crippen LogP contribution in [0, 0.1) is 6.92 Å². The molecule has 0 spiro atoms. The first-order chi connectivity index (χ1) is 13.1. The summed E-state index contributed by atoms with van der Waals surface area (Å²) in [5.74, 6) is 0.817. The lowest BCUT2D eigenvalue weighted by atomic mass is 9.87. The molecule has 3 aromatic rings. The molecule has 0 bridgehead atoms. The third kappa shape index (κ3) is 4.85. The molecule has 0 aliphatic carbocycles. The predicted molar refractivity (Wildman–Crippen MR) is 109 cm³/mol. The maximum atomic E-state index is 12.5. The van der Waals surface area contributed by atoms with E-state index in [1.54, 1.807) is 12.1 Å². The lowest BCUT2D eigenvalue weighted by Gasteiger charge is -2.19. The summed E-state index contributed by atoms with van der Waals surface area (Å²) in [7, 11) is -3.58. The first kappa shape index (κ1) is 20.2. The monoisotopic (exact) mass is 399 g/mol. The van der Waals surface area contributed by atoms with E-state index in [1.807, 2.05) is 43.3 Å². The fourth-order valence-corrected chi connectivity index (χ4v) is 3.71. The van der Waals surface area contributed by atoms with E-state index >= 15 is 0 Å². The molecule has 0 amide bonds. The molecule has 3 rings (SSSR count). The Morgan fingerprint density at radius 1 is 0.964 bits per heavy atom. The second kappa shape index (κ2) is 7.85. The maximum absolute atomic E-state index is 12.5. The number of benzene rings is 2. The summed E-state index contributed by atoms with van der Waals surface area (Å²) in [6.45, 7) is 8.45. The molecule has 148 valence electrons. The Morgan fingerprint density at radius 3 is 2.21 bits per heavy atom. The van der Waals surface area contributed by atoms with Crippen molar-refractivity contribution in [1.82, 2.24) is 14.9 Å². The smallest absolute Gasteiger partial charge is 0.247 e. The minimum absolute atomic E-state index is 0.0250. The van der Waals surface area contributed by atoms with Gasteiger partial charge in [-0.25, -0.2) is 13.1 Å². The zero-order valence-corrected chi connectivity index (χ0v) is 17.4. The molecule has 1 N–H and O–H groups in total. The molecule has 6 nitrogen and oxygen atoms in total. The van der Waals surface area contributed by atoms with Crippen molar-refractivity contribution in [3.63, 3.8) is 0 Å². The molecule has 7 heteroatoms. The Morgan fingerprint density at radius 2 is 1.61 bits per heavy atom. The van der Waals surface area contributed by atoms with Gasteiger partial charge in [-0.15, -0.1) is 10.2 Å². The van der Waals surface area contributed by atoms with E-state index in [4.69, 9.17) is 4.42 Å². The molecule has 0 aliphatic rings. The van der Waals surface area contributed by atoms with Crippen molar-refractivity contribution in [1.29, 1.82) is 0 Å². The molecule has 0 saturated carbocycles. The van der Waals surface area contributed by atoms with Crippen LogP contribution in [-0.2, 0) is 21.9 Å². The Kier molecular flexibility index (Phi) is 5.67. The topological polar surface area (TPSA) is 85.1 Å². The molecule has 1 heterocycles. The van der Waals surface area contributed by atoms with Gasteiger partial charge in [-0.1, -0.05) is 50.6 Å². The first-order valence-electron chi connectivity index (χ1n) is 9.15. The molecule has 0 aliphatic heterocycles. The molecule has 0 radical (unpaired) electrons. The molecule has 0 unspecified atom stereocenters. The van der Waals surface area contributed by atoms with Gasteiger partial charge >= 0.3 is 0 Å². The van der Waals surface area contributed by atoms with E-state index in [9.17, 15) is 8.42 Å². The van der Waals surface area contributed by atoms with Crippen LogP contribution in [0.3, 0.4) is 0 Å². The summed E-state index contributed by atoms with van der Waals surface area (Å²) >= 11 is 0. The van der Waals surface area contributed by atoms with Crippen LogP contribution in [0.1, 0.15) is 37.8 Å². The number of aryl methyl sites for hydroxylation is 1. The summed E-state index contributed by atoms with van der Waals surface area (Å²) in [4.78, 5) is 0.242. The number of nitrogens with one attached hydrogen (secondary N) is 1. The van der Waals surface area contributed by atoms with Crippen molar-refractivity contribution in [3.05, 3.63) is 65.5 Å². The second-order valence-corrected chi connectivity index (χ2v) is 9.56. The summed E-state index contributed by atoms with van der Waals surface area (Å²) < 4.78 is 33.1. The van der Waals surface area contributed by atoms with E-state index in [1.165, 1.54) is 0 Å². The van der Waals surface area contributed by atoms with Gasteiger partial charge in [0, 0.05) is 18.5 Å². The normalized spacial score (nSPS) is 12.3. The van der Waals surface area contributed by atoms with Crippen LogP contribution < -0.4 is 4.72 Å². The fraction of sp³-hybridized carbons (Fsp3) is 0.333. The number of nitrogens with zero attached hydrogens (tertiary/aromatic N) is 2. The van der Waals surface area contributed by atoms with Crippen molar-refractivity contribution in [2.75, 3.05) is 6.54 Å². The van der Waals surface area contributed by atoms with E-state index in [0.717, 1.165) is 16.7 Å².